The van der Waals surface area contributed by atoms with Crippen LogP contribution in [0.4, 0.5) is 5.69 Å². The molecule has 1 amide bonds. The molecule has 1 fully saturated rings. The predicted molar refractivity (Wildman–Crippen MR) is 86.8 cm³/mol. The monoisotopic (exact) mass is 289 g/mol. The first-order chi connectivity index (χ1) is 10.1. The van der Waals surface area contributed by atoms with Crippen molar-refractivity contribution in [1.82, 2.24) is 9.80 Å². The summed E-state index contributed by atoms with van der Waals surface area (Å²) in [5.41, 5.74) is 7.79. The van der Waals surface area contributed by atoms with Crippen LogP contribution in [0.2, 0.25) is 0 Å². The number of nitrogen functional groups attached to an aromatic ring is 1. The van der Waals surface area contributed by atoms with Crippen LogP contribution in [0.3, 0.4) is 0 Å². The maximum absolute atomic E-state index is 12.4. The molecular formula is C17H27N3O. The fraction of sp³-hybridized carbons (Fsp3) is 0.588. The van der Waals surface area contributed by atoms with Gasteiger partial charge < -0.3 is 10.6 Å². The molecule has 1 aromatic carbocycles. The Morgan fingerprint density at radius 1 is 1.10 bits per heavy atom. The molecule has 21 heavy (non-hydrogen) atoms. The van der Waals surface area contributed by atoms with E-state index in [9.17, 15) is 4.79 Å². The molecule has 4 nitrogen and oxygen atoms in total. The van der Waals surface area contributed by atoms with Crippen molar-refractivity contribution in [2.45, 2.75) is 33.2 Å². The first-order valence-electron chi connectivity index (χ1n) is 7.99. The summed E-state index contributed by atoms with van der Waals surface area (Å²) in [6.07, 6.45) is 1.89. The minimum Gasteiger partial charge on any atom is -0.399 e. The molecule has 0 spiro atoms. The van der Waals surface area contributed by atoms with E-state index in [0.29, 0.717) is 5.91 Å². The topological polar surface area (TPSA) is 49.6 Å². The fourth-order valence-electron chi connectivity index (χ4n) is 2.90. The number of carbonyl (C=O) groups excluding carboxylic acids is 1. The maximum atomic E-state index is 12.4. The van der Waals surface area contributed by atoms with Gasteiger partial charge in [0.2, 0.25) is 5.91 Å². The van der Waals surface area contributed by atoms with E-state index in [4.69, 9.17) is 5.73 Å². The number of piperazine rings is 1. The average Bonchev–Trinajstić information content (AvgIpc) is 2.51. The lowest BCUT2D eigenvalue weighted by Crippen LogP contribution is -2.49. The van der Waals surface area contributed by atoms with E-state index in [1.807, 2.05) is 17.0 Å². The van der Waals surface area contributed by atoms with Crippen molar-refractivity contribution in [2.75, 3.05) is 31.9 Å². The molecule has 1 aliphatic rings. The molecular weight excluding hydrogens is 262 g/mol. The second kappa shape index (κ2) is 7.46. The third-order valence-electron chi connectivity index (χ3n) is 4.40. The molecule has 1 aliphatic heterocycles. The van der Waals surface area contributed by atoms with E-state index in [2.05, 4.69) is 30.9 Å². The normalized spacial score (nSPS) is 16.4. The number of benzene rings is 1. The van der Waals surface area contributed by atoms with Crippen molar-refractivity contribution >= 4 is 11.6 Å². The molecule has 2 rings (SSSR count). The minimum absolute atomic E-state index is 0.202. The standard InChI is InChI=1S/C17H27N3O/c1-3-15(4-2)17(21)20-11-9-19(10-12-20)13-14-5-7-16(18)8-6-14/h5-8,15H,3-4,9-13,18H2,1-2H3. The van der Waals surface area contributed by atoms with Crippen LogP contribution in [0.5, 0.6) is 0 Å². The zero-order valence-electron chi connectivity index (χ0n) is 13.2. The number of amides is 1. The van der Waals surface area contributed by atoms with Gasteiger partial charge in [-0.25, -0.2) is 0 Å². The first kappa shape index (κ1) is 15.8. The van der Waals surface area contributed by atoms with Crippen LogP contribution in [0.1, 0.15) is 32.3 Å². The molecule has 116 valence electrons. The van der Waals surface area contributed by atoms with Crippen LogP contribution in [-0.4, -0.2) is 41.9 Å². The molecule has 0 atom stereocenters. The second-order valence-corrected chi connectivity index (χ2v) is 5.86. The lowest BCUT2D eigenvalue weighted by Gasteiger charge is -2.36. The summed E-state index contributed by atoms with van der Waals surface area (Å²) in [6.45, 7) is 8.75. The van der Waals surface area contributed by atoms with Crippen LogP contribution < -0.4 is 5.73 Å². The van der Waals surface area contributed by atoms with Crippen LogP contribution in [0, 0.1) is 5.92 Å². The highest BCUT2D eigenvalue weighted by molar-refractivity contribution is 5.78. The molecule has 0 aromatic heterocycles. The number of nitrogens with two attached hydrogens (primary N) is 1. The zero-order valence-corrected chi connectivity index (χ0v) is 13.2. The number of nitrogens with zero attached hydrogens (tertiary/aromatic N) is 2. The molecule has 2 N–H and O–H groups in total. The molecule has 0 bridgehead atoms. The van der Waals surface area contributed by atoms with Gasteiger partial charge >= 0.3 is 0 Å². The average molecular weight is 289 g/mol. The van der Waals surface area contributed by atoms with Crippen molar-refractivity contribution in [3.63, 3.8) is 0 Å². The highest BCUT2D eigenvalue weighted by Crippen LogP contribution is 2.15. The number of hydrogen-bond donors (Lipinski definition) is 1. The lowest BCUT2D eigenvalue weighted by molar-refractivity contribution is -0.137. The predicted octanol–water partition coefficient (Wildman–Crippen LogP) is 2.35. The lowest BCUT2D eigenvalue weighted by atomic mass is 10.0. The summed E-state index contributed by atoms with van der Waals surface area (Å²) < 4.78 is 0. The summed E-state index contributed by atoms with van der Waals surface area (Å²) in [5.74, 6) is 0.542. The summed E-state index contributed by atoms with van der Waals surface area (Å²) >= 11 is 0. The highest BCUT2D eigenvalue weighted by Gasteiger charge is 2.25. The molecule has 1 heterocycles. The highest BCUT2D eigenvalue weighted by atomic mass is 16.2. The molecule has 1 saturated heterocycles. The number of rotatable bonds is 5. The second-order valence-electron chi connectivity index (χ2n) is 5.86. The Balaban J connectivity index is 1.83. The summed E-state index contributed by atoms with van der Waals surface area (Å²) in [7, 11) is 0. The van der Waals surface area contributed by atoms with Gasteiger partial charge in [0.05, 0.1) is 0 Å². The smallest absolute Gasteiger partial charge is 0.225 e. The van der Waals surface area contributed by atoms with Crippen LogP contribution >= 0.6 is 0 Å². The Morgan fingerprint density at radius 2 is 1.67 bits per heavy atom. The van der Waals surface area contributed by atoms with Gasteiger partial charge in [-0.3, -0.25) is 9.69 Å². The van der Waals surface area contributed by atoms with E-state index >= 15 is 0 Å². The van der Waals surface area contributed by atoms with Gasteiger partial charge in [-0.05, 0) is 30.5 Å². The molecule has 4 heteroatoms. The van der Waals surface area contributed by atoms with Crippen molar-refractivity contribution < 1.29 is 4.79 Å². The third-order valence-corrected chi connectivity index (χ3v) is 4.40. The summed E-state index contributed by atoms with van der Waals surface area (Å²) in [5, 5.41) is 0. The minimum atomic E-state index is 0.202. The van der Waals surface area contributed by atoms with Crippen LogP contribution in [0.25, 0.3) is 0 Å². The number of anilines is 1. The first-order valence-corrected chi connectivity index (χ1v) is 7.99. The zero-order chi connectivity index (χ0) is 15.2. The van der Waals surface area contributed by atoms with E-state index in [0.717, 1.165) is 51.3 Å². The Bertz CT molecular complexity index is 446. The van der Waals surface area contributed by atoms with Gasteiger partial charge in [0.25, 0.3) is 0 Å². The summed E-state index contributed by atoms with van der Waals surface area (Å²) in [4.78, 5) is 16.8. The van der Waals surface area contributed by atoms with E-state index in [1.165, 1.54) is 5.56 Å². The van der Waals surface area contributed by atoms with Gasteiger partial charge in [0.1, 0.15) is 0 Å². The quantitative estimate of drug-likeness (QED) is 0.847. The maximum Gasteiger partial charge on any atom is 0.225 e. The van der Waals surface area contributed by atoms with E-state index in [-0.39, 0.29) is 5.92 Å². The Morgan fingerprint density at radius 3 is 2.19 bits per heavy atom. The van der Waals surface area contributed by atoms with Crippen molar-refractivity contribution in [2.24, 2.45) is 5.92 Å². The van der Waals surface area contributed by atoms with Gasteiger partial charge in [-0.2, -0.15) is 0 Å². The largest absolute Gasteiger partial charge is 0.399 e. The van der Waals surface area contributed by atoms with Crippen molar-refractivity contribution in [3.05, 3.63) is 29.8 Å². The van der Waals surface area contributed by atoms with Crippen molar-refractivity contribution in [3.8, 4) is 0 Å². The molecule has 0 radical (unpaired) electrons. The van der Waals surface area contributed by atoms with Gasteiger partial charge in [-0.1, -0.05) is 26.0 Å². The van der Waals surface area contributed by atoms with Crippen LogP contribution in [-0.2, 0) is 11.3 Å². The molecule has 0 unspecified atom stereocenters. The number of hydrogen-bond acceptors (Lipinski definition) is 3. The van der Waals surface area contributed by atoms with Gasteiger partial charge in [-0.15, -0.1) is 0 Å². The number of carbonyl (C=O) groups is 1. The van der Waals surface area contributed by atoms with Gasteiger partial charge in [0, 0.05) is 44.3 Å². The van der Waals surface area contributed by atoms with E-state index in [1.54, 1.807) is 0 Å². The molecule has 1 aromatic rings. The fourth-order valence-corrected chi connectivity index (χ4v) is 2.90. The Labute approximate surface area is 127 Å². The van der Waals surface area contributed by atoms with Crippen LogP contribution in [0.15, 0.2) is 24.3 Å². The SMILES string of the molecule is CCC(CC)C(=O)N1CCN(Cc2ccc(N)cc2)CC1. The van der Waals surface area contributed by atoms with Gasteiger partial charge in [0.15, 0.2) is 0 Å². The summed E-state index contributed by atoms with van der Waals surface area (Å²) in [6, 6.07) is 8.05. The molecule has 0 saturated carbocycles. The van der Waals surface area contributed by atoms with E-state index < -0.39 is 0 Å². The molecule has 0 aliphatic carbocycles. The Hall–Kier alpha value is -1.55. The third kappa shape index (κ3) is 4.21. The Kier molecular flexibility index (Phi) is 5.62. The van der Waals surface area contributed by atoms with Crippen molar-refractivity contribution in [1.29, 1.82) is 0 Å².